The molecule has 1 amide bonds. The van der Waals surface area contributed by atoms with E-state index in [0.29, 0.717) is 17.2 Å². The lowest BCUT2D eigenvalue weighted by Crippen LogP contribution is -2.18. The standard InChI is InChI=1S/C20H26N2O4/c1-6-20(4,5)15-10-14(26-17-9-8-13(3)12-21-17)11-16(18(15)23)22-19(24)25-7-2/h8-12,23H,6-7H2,1-5H3,(H,22,24). The lowest BCUT2D eigenvalue weighted by molar-refractivity contribution is 0.168. The van der Waals surface area contributed by atoms with Crippen LogP contribution in [0.2, 0.25) is 0 Å². The van der Waals surface area contributed by atoms with E-state index in [1.807, 2.05) is 33.8 Å². The summed E-state index contributed by atoms with van der Waals surface area (Å²) in [6, 6.07) is 7.00. The zero-order valence-electron chi connectivity index (χ0n) is 15.9. The summed E-state index contributed by atoms with van der Waals surface area (Å²) >= 11 is 0. The molecule has 0 bridgehead atoms. The molecule has 2 rings (SSSR count). The number of hydrogen-bond acceptors (Lipinski definition) is 5. The van der Waals surface area contributed by atoms with E-state index in [-0.39, 0.29) is 23.5 Å². The van der Waals surface area contributed by atoms with Crippen LogP contribution in [0.5, 0.6) is 17.4 Å². The van der Waals surface area contributed by atoms with Gasteiger partial charge in [-0.1, -0.05) is 26.8 Å². The van der Waals surface area contributed by atoms with E-state index in [1.54, 1.807) is 31.3 Å². The molecular weight excluding hydrogens is 332 g/mol. The number of nitrogens with zero attached hydrogens (tertiary/aromatic N) is 1. The van der Waals surface area contributed by atoms with Crippen LogP contribution in [0, 0.1) is 6.92 Å². The van der Waals surface area contributed by atoms with Gasteiger partial charge in [-0.3, -0.25) is 5.32 Å². The topological polar surface area (TPSA) is 80.7 Å². The van der Waals surface area contributed by atoms with E-state index in [2.05, 4.69) is 10.3 Å². The molecule has 26 heavy (non-hydrogen) atoms. The molecule has 1 heterocycles. The molecule has 0 saturated heterocycles. The Balaban J connectivity index is 2.44. The Morgan fingerprint density at radius 3 is 2.58 bits per heavy atom. The summed E-state index contributed by atoms with van der Waals surface area (Å²) in [6.07, 6.45) is 1.88. The second kappa shape index (κ2) is 8.08. The average molecular weight is 358 g/mol. The molecule has 0 radical (unpaired) electrons. The Kier molecular flexibility index (Phi) is 6.08. The van der Waals surface area contributed by atoms with Gasteiger partial charge >= 0.3 is 6.09 Å². The van der Waals surface area contributed by atoms with Crippen LogP contribution >= 0.6 is 0 Å². The Bertz CT molecular complexity index is 770. The molecule has 2 aromatic rings. The monoisotopic (exact) mass is 358 g/mol. The molecule has 0 fully saturated rings. The van der Waals surface area contributed by atoms with Crippen molar-refractivity contribution >= 4 is 11.8 Å². The number of carbonyl (C=O) groups is 1. The summed E-state index contributed by atoms with van der Waals surface area (Å²) in [5.41, 5.74) is 1.64. The molecule has 1 aromatic carbocycles. The number of pyridine rings is 1. The molecule has 140 valence electrons. The van der Waals surface area contributed by atoms with Crippen LogP contribution in [0.3, 0.4) is 0 Å². The molecule has 0 aliphatic rings. The van der Waals surface area contributed by atoms with Crippen LogP contribution in [-0.2, 0) is 10.2 Å². The van der Waals surface area contributed by atoms with E-state index >= 15 is 0 Å². The number of ether oxygens (including phenoxy) is 2. The lowest BCUT2D eigenvalue weighted by Gasteiger charge is -2.26. The molecule has 0 spiro atoms. The number of nitrogens with one attached hydrogen (secondary N) is 1. The number of phenols is 1. The molecule has 0 aliphatic heterocycles. The summed E-state index contributed by atoms with van der Waals surface area (Å²) in [6.45, 7) is 9.97. The third-order valence-electron chi connectivity index (χ3n) is 4.32. The first-order valence-corrected chi connectivity index (χ1v) is 8.68. The van der Waals surface area contributed by atoms with Crippen molar-refractivity contribution in [2.75, 3.05) is 11.9 Å². The molecule has 0 unspecified atom stereocenters. The van der Waals surface area contributed by atoms with Crippen molar-refractivity contribution in [2.24, 2.45) is 0 Å². The van der Waals surface area contributed by atoms with Gasteiger partial charge in [0.05, 0.1) is 12.3 Å². The van der Waals surface area contributed by atoms with Crippen LogP contribution in [0.15, 0.2) is 30.5 Å². The highest BCUT2D eigenvalue weighted by Crippen LogP contribution is 2.42. The van der Waals surface area contributed by atoms with Crippen LogP contribution in [-0.4, -0.2) is 22.8 Å². The molecular formula is C20H26N2O4. The number of phenolic OH excluding ortho intramolecular Hbond substituents is 1. The fraction of sp³-hybridized carbons (Fsp3) is 0.400. The summed E-state index contributed by atoms with van der Waals surface area (Å²) in [5, 5.41) is 13.2. The number of benzene rings is 1. The van der Waals surface area contributed by atoms with Crippen molar-refractivity contribution in [1.82, 2.24) is 4.98 Å². The second-order valence-corrected chi connectivity index (χ2v) is 6.73. The van der Waals surface area contributed by atoms with E-state index in [9.17, 15) is 9.90 Å². The first-order chi connectivity index (χ1) is 12.3. The van der Waals surface area contributed by atoms with Gasteiger partial charge in [-0.05, 0) is 37.3 Å². The zero-order chi connectivity index (χ0) is 19.3. The first kappa shape index (κ1) is 19.6. The van der Waals surface area contributed by atoms with Crippen LogP contribution in [0.25, 0.3) is 0 Å². The summed E-state index contributed by atoms with van der Waals surface area (Å²) in [4.78, 5) is 16.0. The van der Waals surface area contributed by atoms with E-state index in [4.69, 9.17) is 9.47 Å². The smallest absolute Gasteiger partial charge is 0.411 e. The normalized spacial score (nSPS) is 11.1. The van der Waals surface area contributed by atoms with Gasteiger partial charge in [-0.15, -0.1) is 0 Å². The number of aryl methyl sites for hydroxylation is 1. The Morgan fingerprint density at radius 1 is 1.27 bits per heavy atom. The molecule has 6 heteroatoms. The number of hydrogen-bond donors (Lipinski definition) is 2. The van der Waals surface area contributed by atoms with Gasteiger partial charge < -0.3 is 14.6 Å². The maximum atomic E-state index is 11.8. The van der Waals surface area contributed by atoms with Crippen molar-refractivity contribution in [3.05, 3.63) is 41.6 Å². The van der Waals surface area contributed by atoms with Crippen molar-refractivity contribution in [3.63, 3.8) is 0 Å². The third-order valence-corrected chi connectivity index (χ3v) is 4.32. The average Bonchev–Trinajstić information content (AvgIpc) is 2.59. The fourth-order valence-electron chi connectivity index (χ4n) is 2.38. The van der Waals surface area contributed by atoms with Gasteiger partial charge in [0.2, 0.25) is 5.88 Å². The lowest BCUT2D eigenvalue weighted by atomic mass is 9.81. The van der Waals surface area contributed by atoms with Crippen LogP contribution in [0.1, 0.15) is 45.2 Å². The summed E-state index contributed by atoms with van der Waals surface area (Å²) in [7, 11) is 0. The van der Waals surface area contributed by atoms with Crippen molar-refractivity contribution < 1.29 is 19.4 Å². The second-order valence-electron chi connectivity index (χ2n) is 6.73. The largest absolute Gasteiger partial charge is 0.505 e. The number of anilines is 1. The number of rotatable bonds is 6. The highest BCUT2D eigenvalue weighted by atomic mass is 16.5. The zero-order valence-corrected chi connectivity index (χ0v) is 15.9. The van der Waals surface area contributed by atoms with E-state index in [1.165, 1.54) is 0 Å². The molecule has 0 atom stereocenters. The van der Waals surface area contributed by atoms with Crippen LogP contribution < -0.4 is 10.1 Å². The number of aromatic hydroxyl groups is 1. The Hall–Kier alpha value is -2.76. The molecule has 1 aromatic heterocycles. The maximum absolute atomic E-state index is 11.8. The van der Waals surface area contributed by atoms with Crippen molar-refractivity contribution in [2.45, 2.75) is 46.5 Å². The van der Waals surface area contributed by atoms with Gasteiger partial charge in [-0.2, -0.15) is 0 Å². The SMILES string of the molecule is CCOC(=O)Nc1cc(Oc2ccc(C)cn2)cc(C(C)(C)CC)c1O. The predicted molar refractivity (Wildman–Crippen MR) is 101 cm³/mol. The predicted octanol–water partition coefficient (Wildman–Crippen LogP) is 5.14. The molecule has 0 aliphatic carbocycles. The first-order valence-electron chi connectivity index (χ1n) is 8.68. The Morgan fingerprint density at radius 2 is 2.00 bits per heavy atom. The summed E-state index contributed by atoms with van der Waals surface area (Å²) < 4.78 is 10.7. The van der Waals surface area contributed by atoms with Gasteiger partial charge in [0.15, 0.2) is 0 Å². The summed E-state index contributed by atoms with van der Waals surface area (Å²) in [5.74, 6) is 0.917. The minimum atomic E-state index is -0.631. The van der Waals surface area contributed by atoms with Crippen molar-refractivity contribution in [1.29, 1.82) is 0 Å². The quantitative estimate of drug-likeness (QED) is 0.699. The van der Waals surface area contributed by atoms with E-state index in [0.717, 1.165) is 12.0 Å². The third kappa shape index (κ3) is 4.65. The fourth-order valence-corrected chi connectivity index (χ4v) is 2.38. The van der Waals surface area contributed by atoms with Gasteiger partial charge in [0.25, 0.3) is 0 Å². The molecule has 6 nitrogen and oxygen atoms in total. The number of carbonyl (C=O) groups excluding carboxylic acids is 1. The van der Waals surface area contributed by atoms with E-state index < -0.39 is 6.09 Å². The maximum Gasteiger partial charge on any atom is 0.411 e. The van der Waals surface area contributed by atoms with Crippen molar-refractivity contribution in [3.8, 4) is 17.4 Å². The van der Waals surface area contributed by atoms with Gasteiger partial charge in [-0.25, -0.2) is 9.78 Å². The molecule has 0 saturated carbocycles. The Labute approximate surface area is 154 Å². The number of aromatic nitrogens is 1. The highest BCUT2D eigenvalue weighted by Gasteiger charge is 2.26. The minimum Gasteiger partial charge on any atom is -0.505 e. The highest BCUT2D eigenvalue weighted by molar-refractivity contribution is 5.87. The number of amides is 1. The minimum absolute atomic E-state index is 0.00844. The van der Waals surface area contributed by atoms with Crippen LogP contribution in [0.4, 0.5) is 10.5 Å². The van der Waals surface area contributed by atoms with Gasteiger partial charge in [0, 0.05) is 23.9 Å². The van der Waals surface area contributed by atoms with Gasteiger partial charge in [0.1, 0.15) is 11.5 Å². The molecule has 2 N–H and O–H groups in total.